The van der Waals surface area contributed by atoms with Crippen LogP contribution in [0.2, 0.25) is 0 Å². The van der Waals surface area contributed by atoms with Gasteiger partial charge in [-0.25, -0.2) is 8.78 Å². The maximum atomic E-state index is 13.1. The van der Waals surface area contributed by atoms with E-state index in [0.29, 0.717) is 12.3 Å². The van der Waals surface area contributed by atoms with Crippen molar-refractivity contribution in [1.29, 1.82) is 0 Å². The van der Waals surface area contributed by atoms with E-state index in [9.17, 15) is 8.78 Å². The van der Waals surface area contributed by atoms with E-state index < -0.39 is 11.6 Å². The maximum absolute atomic E-state index is 13.1. The summed E-state index contributed by atoms with van der Waals surface area (Å²) in [6.07, 6.45) is 4.91. The van der Waals surface area contributed by atoms with Gasteiger partial charge in [0.25, 0.3) is 0 Å². The van der Waals surface area contributed by atoms with Gasteiger partial charge in [0.2, 0.25) is 0 Å². The number of hydrogen-bond donors (Lipinski definition) is 1. The lowest BCUT2D eigenvalue weighted by Gasteiger charge is -2.37. The summed E-state index contributed by atoms with van der Waals surface area (Å²) >= 11 is 0. The second-order valence-corrected chi connectivity index (χ2v) is 5.49. The molecule has 17 heavy (non-hydrogen) atoms. The van der Waals surface area contributed by atoms with Crippen LogP contribution in [0.4, 0.5) is 8.78 Å². The molecule has 2 rings (SSSR count). The third-order valence-electron chi connectivity index (χ3n) is 3.67. The average Bonchev–Trinajstić information content (AvgIpc) is 2.22. The molecule has 0 saturated heterocycles. The van der Waals surface area contributed by atoms with Crippen molar-refractivity contribution in [3.8, 4) is 0 Å². The van der Waals surface area contributed by atoms with Crippen LogP contribution in [0.5, 0.6) is 0 Å². The lowest BCUT2D eigenvalue weighted by Crippen LogP contribution is -2.45. The van der Waals surface area contributed by atoms with Gasteiger partial charge in [-0.15, -0.1) is 0 Å². The molecular formula is C14H19F2N. The fourth-order valence-electron chi connectivity index (χ4n) is 2.92. The largest absolute Gasteiger partial charge is 0.325 e. The van der Waals surface area contributed by atoms with Gasteiger partial charge in [0, 0.05) is 5.54 Å². The van der Waals surface area contributed by atoms with Gasteiger partial charge >= 0.3 is 0 Å². The van der Waals surface area contributed by atoms with Gasteiger partial charge < -0.3 is 5.73 Å². The molecule has 94 valence electrons. The Morgan fingerprint density at radius 3 is 2.76 bits per heavy atom. The first-order valence-corrected chi connectivity index (χ1v) is 6.21. The highest BCUT2D eigenvalue weighted by Gasteiger charge is 2.31. The van der Waals surface area contributed by atoms with Crippen molar-refractivity contribution in [1.82, 2.24) is 0 Å². The Bertz CT molecular complexity index is 405. The van der Waals surface area contributed by atoms with Crippen molar-refractivity contribution in [2.75, 3.05) is 0 Å². The van der Waals surface area contributed by atoms with Crippen LogP contribution in [0.15, 0.2) is 18.2 Å². The number of rotatable bonds is 2. The Hall–Kier alpha value is -0.960. The maximum Gasteiger partial charge on any atom is 0.159 e. The molecule has 0 spiro atoms. The first kappa shape index (κ1) is 12.5. The standard InChI is InChI=1S/C14H19F2N/c1-10-3-2-6-14(17,8-10)9-11-4-5-12(15)13(16)7-11/h4-5,7,10H,2-3,6,8-9,17H2,1H3. The molecule has 1 aliphatic carbocycles. The van der Waals surface area contributed by atoms with Crippen molar-refractivity contribution in [2.24, 2.45) is 11.7 Å². The van der Waals surface area contributed by atoms with Crippen LogP contribution < -0.4 is 5.73 Å². The molecule has 1 saturated carbocycles. The number of hydrogen-bond acceptors (Lipinski definition) is 1. The minimum atomic E-state index is -0.795. The van der Waals surface area contributed by atoms with Crippen molar-refractivity contribution in [3.05, 3.63) is 35.4 Å². The Morgan fingerprint density at radius 2 is 2.12 bits per heavy atom. The zero-order valence-corrected chi connectivity index (χ0v) is 10.2. The summed E-state index contributed by atoms with van der Waals surface area (Å²) in [4.78, 5) is 0. The predicted molar refractivity (Wildman–Crippen MR) is 64.6 cm³/mol. The molecule has 3 heteroatoms. The molecule has 1 nitrogen and oxygen atoms in total. The van der Waals surface area contributed by atoms with Crippen LogP contribution in [0.1, 0.15) is 38.2 Å². The fourth-order valence-corrected chi connectivity index (χ4v) is 2.92. The summed E-state index contributed by atoms with van der Waals surface area (Å²) < 4.78 is 25.9. The third kappa shape index (κ3) is 3.03. The van der Waals surface area contributed by atoms with Crippen molar-refractivity contribution in [3.63, 3.8) is 0 Å². The molecule has 2 atom stereocenters. The Morgan fingerprint density at radius 1 is 1.35 bits per heavy atom. The number of halogens is 2. The summed E-state index contributed by atoms with van der Waals surface area (Å²) in [6, 6.07) is 4.08. The Kier molecular flexibility index (Phi) is 3.48. The molecule has 0 amide bonds. The smallest absolute Gasteiger partial charge is 0.159 e. The van der Waals surface area contributed by atoms with E-state index >= 15 is 0 Å². The van der Waals surface area contributed by atoms with E-state index in [1.165, 1.54) is 18.6 Å². The highest BCUT2D eigenvalue weighted by molar-refractivity contribution is 5.20. The topological polar surface area (TPSA) is 26.0 Å². The molecule has 0 heterocycles. The Labute approximate surface area is 101 Å². The van der Waals surface area contributed by atoms with Crippen molar-refractivity contribution < 1.29 is 8.78 Å². The van der Waals surface area contributed by atoms with Crippen LogP contribution in [-0.4, -0.2) is 5.54 Å². The van der Waals surface area contributed by atoms with Crippen LogP contribution in [-0.2, 0) is 6.42 Å². The van der Waals surface area contributed by atoms with Gasteiger partial charge in [-0.05, 0) is 42.9 Å². The Balaban J connectivity index is 2.11. The highest BCUT2D eigenvalue weighted by Crippen LogP contribution is 2.33. The van der Waals surface area contributed by atoms with Gasteiger partial charge in [0.15, 0.2) is 11.6 Å². The molecule has 2 unspecified atom stereocenters. The molecule has 0 radical (unpaired) electrons. The average molecular weight is 239 g/mol. The third-order valence-corrected chi connectivity index (χ3v) is 3.67. The monoisotopic (exact) mass is 239 g/mol. The van der Waals surface area contributed by atoms with Gasteiger partial charge in [-0.1, -0.05) is 25.8 Å². The van der Waals surface area contributed by atoms with Gasteiger partial charge in [0.05, 0.1) is 0 Å². The molecule has 1 aromatic carbocycles. The van der Waals surface area contributed by atoms with E-state index in [1.54, 1.807) is 6.07 Å². The van der Waals surface area contributed by atoms with Crippen molar-refractivity contribution >= 4 is 0 Å². The number of nitrogens with two attached hydrogens (primary N) is 1. The molecule has 0 aliphatic heterocycles. The number of benzene rings is 1. The van der Waals surface area contributed by atoms with Crippen molar-refractivity contribution in [2.45, 2.75) is 44.6 Å². The van der Waals surface area contributed by atoms with Gasteiger partial charge in [0.1, 0.15) is 0 Å². The van der Waals surface area contributed by atoms with E-state index in [-0.39, 0.29) is 5.54 Å². The second kappa shape index (κ2) is 4.73. The van der Waals surface area contributed by atoms with E-state index in [1.807, 2.05) is 0 Å². The predicted octanol–water partition coefficient (Wildman–Crippen LogP) is 3.41. The minimum Gasteiger partial charge on any atom is -0.325 e. The zero-order chi connectivity index (χ0) is 12.5. The van der Waals surface area contributed by atoms with E-state index in [2.05, 4.69) is 6.92 Å². The molecule has 1 fully saturated rings. The zero-order valence-electron chi connectivity index (χ0n) is 10.2. The molecule has 1 aromatic rings. The first-order valence-electron chi connectivity index (χ1n) is 6.21. The summed E-state index contributed by atoms with van der Waals surface area (Å²) in [5.41, 5.74) is 6.90. The molecule has 1 aliphatic rings. The highest BCUT2D eigenvalue weighted by atomic mass is 19.2. The first-order chi connectivity index (χ1) is 7.98. The van der Waals surface area contributed by atoms with Crippen LogP contribution in [0.3, 0.4) is 0 Å². The van der Waals surface area contributed by atoms with E-state index in [0.717, 1.165) is 24.8 Å². The fraction of sp³-hybridized carbons (Fsp3) is 0.571. The van der Waals surface area contributed by atoms with Crippen LogP contribution in [0, 0.1) is 17.6 Å². The second-order valence-electron chi connectivity index (χ2n) is 5.49. The minimum absolute atomic E-state index is 0.248. The summed E-state index contributed by atoms with van der Waals surface area (Å²) in [6.45, 7) is 2.20. The summed E-state index contributed by atoms with van der Waals surface area (Å²) in [5, 5.41) is 0. The summed E-state index contributed by atoms with van der Waals surface area (Å²) in [7, 11) is 0. The molecule has 0 aromatic heterocycles. The quantitative estimate of drug-likeness (QED) is 0.840. The lowest BCUT2D eigenvalue weighted by atomic mass is 9.74. The lowest BCUT2D eigenvalue weighted by molar-refractivity contribution is 0.235. The van der Waals surface area contributed by atoms with Gasteiger partial charge in [-0.3, -0.25) is 0 Å². The SMILES string of the molecule is CC1CCCC(N)(Cc2ccc(F)c(F)c2)C1. The molecule has 2 N–H and O–H groups in total. The summed E-state index contributed by atoms with van der Waals surface area (Å²) in [5.74, 6) is -0.953. The van der Waals surface area contributed by atoms with Crippen LogP contribution in [0.25, 0.3) is 0 Å². The van der Waals surface area contributed by atoms with E-state index in [4.69, 9.17) is 5.73 Å². The molecular weight excluding hydrogens is 220 g/mol. The van der Waals surface area contributed by atoms with Crippen LogP contribution >= 0.6 is 0 Å². The normalized spacial score (nSPS) is 29.3. The molecule has 0 bridgehead atoms. The van der Waals surface area contributed by atoms with Gasteiger partial charge in [-0.2, -0.15) is 0 Å².